The van der Waals surface area contributed by atoms with Gasteiger partial charge in [0.2, 0.25) is 0 Å². The fourth-order valence-electron chi connectivity index (χ4n) is 3.19. The summed E-state index contributed by atoms with van der Waals surface area (Å²) in [5.74, 6) is 1.47. The van der Waals surface area contributed by atoms with E-state index < -0.39 is 0 Å². The molecule has 1 aromatic heterocycles. The molecule has 0 atom stereocenters. The monoisotopic (exact) mass is 472 g/mol. The summed E-state index contributed by atoms with van der Waals surface area (Å²) in [7, 11) is 1.84. The van der Waals surface area contributed by atoms with Crippen molar-refractivity contribution in [3.05, 3.63) is 95.0 Å². The van der Waals surface area contributed by atoms with Crippen LogP contribution < -0.4 is 5.01 Å². The van der Waals surface area contributed by atoms with Gasteiger partial charge in [-0.2, -0.15) is 5.10 Å². The highest BCUT2D eigenvalue weighted by molar-refractivity contribution is 9.10. The van der Waals surface area contributed by atoms with Crippen LogP contribution in [0.15, 0.2) is 94.5 Å². The zero-order valence-electron chi connectivity index (χ0n) is 17.2. The molecule has 0 bridgehead atoms. The van der Waals surface area contributed by atoms with Crippen LogP contribution in [0.1, 0.15) is 12.5 Å². The molecule has 1 N–H and O–H groups in total. The molecule has 0 aliphatic heterocycles. The topological polar surface area (TPSA) is 61.6 Å². The fraction of sp³-hybridized carbons (Fsp3) is 0.0800. The molecule has 0 radical (unpaired) electrons. The van der Waals surface area contributed by atoms with Gasteiger partial charge in [0.15, 0.2) is 11.6 Å². The van der Waals surface area contributed by atoms with E-state index >= 15 is 0 Å². The van der Waals surface area contributed by atoms with Crippen molar-refractivity contribution in [1.82, 2.24) is 9.97 Å². The average molecular weight is 473 g/mol. The van der Waals surface area contributed by atoms with Crippen LogP contribution in [-0.2, 0) is 0 Å². The number of halogens is 1. The van der Waals surface area contributed by atoms with E-state index in [2.05, 4.69) is 21.0 Å². The average Bonchev–Trinajstić information content (AvgIpc) is 2.80. The molecule has 5 nitrogen and oxygen atoms in total. The second-order valence-electron chi connectivity index (χ2n) is 7.03. The lowest BCUT2D eigenvalue weighted by Gasteiger charge is -2.16. The quantitative estimate of drug-likeness (QED) is 0.280. The highest BCUT2D eigenvalue weighted by Gasteiger charge is 2.13. The van der Waals surface area contributed by atoms with Crippen LogP contribution in [0.5, 0.6) is 5.75 Å². The summed E-state index contributed by atoms with van der Waals surface area (Å²) in [6.45, 7) is 1.86. The first-order valence-electron chi connectivity index (χ1n) is 9.79. The molecule has 4 rings (SSSR count). The van der Waals surface area contributed by atoms with Gasteiger partial charge in [0.1, 0.15) is 5.75 Å². The van der Waals surface area contributed by atoms with Crippen molar-refractivity contribution in [2.24, 2.45) is 5.10 Å². The van der Waals surface area contributed by atoms with Crippen molar-refractivity contribution in [3.8, 4) is 28.4 Å². The minimum Gasteiger partial charge on any atom is -0.507 e. The Kier molecular flexibility index (Phi) is 6.09. The molecule has 0 unspecified atom stereocenters. The van der Waals surface area contributed by atoms with Crippen molar-refractivity contribution in [1.29, 1.82) is 0 Å². The zero-order valence-corrected chi connectivity index (χ0v) is 18.8. The summed E-state index contributed by atoms with van der Waals surface area (Å²) in [4.78, 5) is 9.55. The first-order chi connectivity index (χ1) is 15.0. The molecular weight excluding hydrogens is 452 g/mol. The number of nitrogens with zero attached hydrogens (tertiary/aromatic N) is 4. The predicted molar refractivity (Wildman–Crippen MR) is 129 cm³/mol. The minimum absolute atomic E-state index is 0.195. The van der Waals surface area contributed by atoms with Crippen LogP contribution in [0.2, 0.25) is 0 Å². The summed E-state index contributed by atoms with van der Waals surface area (Å²) < 4.78 is 0.996. The molecule has 31 heavy (non-hydrogen) atoms. The summed E-state index contributed by atoms with van der Waals surface area (Å²) in [6.07, 6.45) is 0. The van der Waals surface area contributed by atoms with Gasteiger partial charge < -0.3 is 5.11 Å². The van der Waals surface area contributed by atoms with E-state index in [-0.39, 0.29) is 5.75 Å². The van der Waals surface area contributed by atoms with Gasteiger partial charge in [0, 0.05) is 34.3 Å². The number of para-hydroxylation sites is 1. The largest absolute Gasteiger partial charge is 0.507 e. The maximum Gasteiger partial charge on any atom is 0.162 e. The molecule has 0 aliphatic carbocycles. The smallest absolute Gasteiger partial charge is 0.162 e. The maximum absolute atomic E-state index is 10.1. The Morgan fingerprint density at radius 1 is 0.871 bits per heavy atom. The summed E-state index contributed by atoms with van der Waals surface area (Å²) in [5, 5.41) is 16.5. The number of rotatable bonds is 5. The Labute approximate surface area is 189 Å². The number of phenols is 1. The number of aromatic nitrogens is 2. The van der Waals surface area contributed by atoms with Crippen LogP contribution in [0.3, 0.4) is 0 Å². The minimum atomic E-state index is 0.195. The van der Waals surface area contributed by atoms with Gasteiger partial charge in [-0.05, 0) is 31.2 Å². The van der Waals surface area contributed by atoms with Gasteiger partial charge >= 0.3 is 0 Å². The van der Waals surface area contributed by atoms with Crippen LogP contribution in [0.25, 0.3) is 22.6 Å². The normalized spacial score (nSPS) is 11.4. The molecule has 0 aliphatic rings. The third-order valence-corrected chi connectivity index (χ3v) is 5.34. The van der Waals surface area contributed by atoms with E-state index in [1.54, 1.807) is 17.1 Å². The van der Waals surface area contributed by atoms with E-state index in [4.69, 9.17) is 9.97 Å². The Morgan fingerprint density at radius 2 is 1.55 bits per heavy atom. The predicted octanol–water partition coefficient (Wildman–Crippen LogP) is 6.14. The van der Waals surface area contributed by atoms with Crippen molar-refractivity contribution in [3.63, 3.8) is 0 Å². The highest BCUT2D eigenvalue weighted by Crippen LogP contribution is 2.27. The van der Waals surface area contributed by atoms with Crippen LogP contribution in [0.4, 0.5) is 5.82 Å². The van der Waals surface area contributed by atoms with Crippen molar-refractivity contribution in [2.45, 2.75) is 6.92 Å². The number of anilines is 1. The molecular formula is C25H21BrN4O. The van der Waals surface area contributed by atoms with Crippen LogP contribution >= 0.6 is 15.9 Å². The number of hydrazone groups is 1. The summed E-state index contributed by atoms with van der Waals surface area (Å²) >= 11 is 3.47. The number of benzene rings is 3. The Hall–Kier alpha value is -3.51. The van der Waals surface area contributed by atoms with E-state index in [0.29, 0.717) is 22.9 Å². The van der Waals surface area contributed by atoms with E-state index in [1.165, 1.54) is 0 Å². The van der Waals surface area contributed by atoms with E-state index in [9.17, 15) is 5.11 Å². The highest BCUT2D eigenvalue weighted by atomic mass is 79.9. The first-order valence-corrected chi connectivity index (χ1v) is 10.6. The molecule has 0 amide bonds. The molecule has 6 heteroatoms. The Morgan fingerprint density at radius 3 is 2.26 bits per heavy atom. The third-order valence-electron chi connectivity index (χ3n) is 4.81. The Balaban J connectivity index is 1.79. The standard InChI is InChI=1S/C25H21BrN4O/c1-17(21-10-6-7-11-23(21)31)29-30(2)24-16-22(18-8-4-3-5-9-18)27-25(28-24)19-12-14-20(26)15-13-19/h3-16,31H,1-2H3/b29-17+. The SMILES string of the molecule is C/C(=N\N(C)c1cc(-c2ccccc2)nc(-c2ccc(Br)cc2)n1)c1ccccc1O. The molecule has 0 fully saturated rings. The van der Waals surface area contributed by atoms with Crippen molar-refractivity contribution >= 4 is 27.5 Å². The number of hydrogen-bond donors (Lipinski definition) is 1. The third kappa shape index (κ3) is 4.81. The lowest BCUT2D eigenvalue weighted by molar-refractivity contribution is 0.474. The number of hydrogen-bond acceptors (Lipinski definition) is 5. The maximum atomic E-state index is 10.1. The molecule has 0 saturated heterocycles. The van der Waals surface area contributed by atoms with Gasteiger partial charge in [0.05, 0.1) is 11.4 Å². The first kappa shape index (κ1) is 20.8. The number of aromatic hydroxyl groups is 1. The van der Waals surface area contributed by atoms with Gasteiger partial charge in [-0.25, -0.2) is 9.97 Å². The van der Waals surface area contributed by atoms with Crippen LogP contribution in [0, 0.1) is 0 Å². The molecule has 154 valence electrons. The van der Waals surface area contributed by atoms with Gasteiger partial charge in [0.25, 0.3) is 0 Å². The lowest BCUT2D eigenvalue weighted by Crippen LogP contribution is -2.15. The zero-order chi connectivity index (χ0) is 21.8. The second-order valence-corrected chi connectivity index (χ2v) is 7.95. The molecule has 4 aromatic rings. The van der Waals surface area contributed by atoms with E-state index in [0.717, 1.165) is 21.3 Å². The molecule has 0 spiro atoms. The second kappa shape index (κ2) is 9.10. The van der Waals surface area contributed by atoms with Gasteiger partial charge in [-0.1, -0.05) is 70.5 Å². The summed E-state index contributed by atoms with van der Waals surface area (Å²) in [6, 6.07) is 27.0. The van der Waals surface area contributed by atoms with Gasteiger partial charge in [-0.15, -0.1) is 0 Å². The molecule has 3 aromatic carbocycles. The fourth-order valence-corrected chi connectivity index (χ4v) is 3.46. The van der Waals surface area contributed by atoms with Crippen molar-refractivity contribution < 1.29 is 5.11 Å². The molecule has 0 saturated carbocycles. The summed E-state index contributed by atoms with van der Waals surface area (Å²) in [5.41, 5.74) is 4.09. The van der Waals surface area contributed by atoms with Crippen molar-refractivity contribution in [2.75, 3.05) is 12.1 Å². The van der Waals surface area contributed by atoms with Crippen LogP contribution in [-0.4, -0.2) is 27.8 Å². The molecule has 1 heterocycles. The number of phenolic OH excluding ortho intramolecular Hbond substituents is 1. The lowest BCUT2D eigenvalue weighted by atomic mass is 10.1. The van der Waals surface area contributed by atoms with E-state index in [1.807, 2.05) is 86.8 Å². The van der Waals surface area contributed by atoms with Gasteiger partial charge in [-0.3, -0.25) is 5.01 Å². The Bertz CT molecular complexity index is 1220.